The van der Waals surface area contributed by atoms with Gasteiger partial charge in [-0.3, -0.25) is 0 Å². The van der Waals surface area contributed by atoms with Crippen LogP contribution in [0.5, 0.6) is 0 Å². The highest BCUT2D eigenvalue weighted by atomic mass is 15.5. The Bertz CT molecular complexity index is 136. The van der Waals surface area contributed by atoms with E-state index in [4.69, 9.17) is 0 Å². The molecule has 0 aromatic heterocycles. The van der Waals surface area contributed by atoms with Crippen molar-refractivity contribution in [2.75, 3.05) is 7.05 Å². The third kappa shape index (κ3) is 1.16. The van der Waals surface area contributed by atoms with Crippen LogP contribution in [0.4, 0.5) is 0 Å². The van der Waals surface area contributed by atoms with Crippen LogP contribution < -0.4 is 5.43 Å². The molecule has 0 aromatic carbocycles. The van der Waals surface area contributed by atoms with Gasteiger partial charge < -0.3 is 5.01 Å². The van der Waals surface area contributed by atoms with E-state index < -0.39 is 0 Å². The second kappa shape index (κ2) is 2.62. The summed E-state index contributed by atoms with van der Waals surface area (Å²) in [7, 11) is 2.03. The Kier molecular flexibility index (Phi) is 2.00. The van der Waals surface area contributed by atoms with Crippen LogP contribution in [-0.4, -0.2) is 17.6 Å². The van der Waals surface area contributed by atoms with E-state index in [1.165, 1.54) is 0 Å². The standard InChI is InChI=1S/C8H16N2/c1-4-8(5-2)6-7-10(3)9-8/h6-7,9H,4-5H2,1-3H3. The third-order valence-corrected chi connectivity index (χ3v) is 2.28. The van der Waals surface area contributed by atoms with E-state index in [2.05, 4.69) is 31.5 Å². The van der Waals surface area contributed by atoms with Crippen LogP contribution in [0.25, 0.3) is 0 Å². The van der Waals surface area contributed by atoms with E-state index in [9.17, 15) is 0 Å². The average Bonchev–Trinajstić information content (AvgIpc) is 2.33. The van der Waals surface area contributed by atoms with Crippen LogP contribution in [0.3, 0.4) is 0 Å². The van der Waals surface area contributed by atoms with Crippen LogP contribution in [0, 0.1) is 0 Å². The molecule has 0 radical (unpaired) electrons. The Hall–Kier alpha value is -0.500. The largest absolute Gasteiger partial charge is 0.318 e. The van der Waals surface area contributed by atoms with Gasteiger partial charge in [0.1, 0.15) is 0 Å². The van der Waals surface area contributed by atoms with Crippen LogP contribution >= 0.6 is 0 Å². The fraction of sp³-hybridized carbons (Fsp3) is 0.750. The molecule has 2 heteroatoms. The van der Waals surface area contributed by atoms with E-state index in [0.29, 0.717) is 0 Å². The van der Waals surface area contributed by atoms with Gasteiger partial charge in [-0.2, -0.15) is 0 Å². The molecule has 1 aliphatic heterocycles. The predicted molar refractivity (Wildman–Crippen MR) is 43.4 cm³/mol. The molecule has 58 valence electrons. The van der Waals surface area contributed by atoms with E-state index >= 15 is 0 Å². The van der Waals surface area contributed by atoms with Crippen LogP contribution in [0.1, 0.15) is 26.7 Å². The third-order valence-electron chi connectivity index (χ3n) is 2.28. The zero-order chi connectivity index (χ0) is 7.61. The Morgan fingerprint density at radius 2 is 2.00 bits per heavy atom. The molecule has 0 spiro atoms. The first kappa shape index (κ1) is 7.61. The monoisotopic (exact) mass is 140 g/mol. The molecular formula is C8H16N2. The smallest absolute Gasteiger partial charge is 0.0564 e. The van der Waals surface area contributed by atoms with E-state index in [1.54, 1.807) is 0 Å². The van der Waals surface area contributed by atoms with Gasteiger partial charge in [0.05, 0.1) is 5.54 Å². The van der Waals surface area contributed by atoms with Gasteiger partial charge in [-0.15, -0.1) is 0 Å². The quantitative estimate of drug-likeness (QED) is 0.625. The predicted octanol–water partition coefficient (Wildman–Crippen LogP) is 1.51. The minimum Gasteiger partial charge on any atom is -0.318 e. The topological polar surface area (TPSA) is 15.3 Å². The van der Waals surface area contributed by atoms with E-state index in [1.807, 2.05) is 12.1 Å². The number of nitrogens with one attached hydrogen (secondary N) is 1. The fourth-order valence-electron chi connectivity index (χ4n) is 1.32. The maximum atomic E-state index is 3.39. The molecule has 2 nitrogen and oxygen atoms in total. The molecule has 0 aliphatic carbocycles. The lowest BCUT2D eigenvalue weighted by Crippen LogP contribution is -2.43. The van der Waals surface area contributed by atoms with Crippen LogP contribution in [-0.2, 0) is 0 Å². The van der Waals surface area contributed by atoms with Gasteiger partial charge in [-0.1, -0.05) is 13.8 Å². The molecule has 1 aliphatic rings. The molecule has 0 unspecified atom stereocenters. The van der Waals surface area contributed by atoms with Gasteiger partial charge in [-0.25, -0.2) is 5.43 Å². The Morgan fingerprint density at radius 3 is 2.20 bits per heavy atom. The molecule has 0 saturated carbocycles. The maximum Gasteiger partial charge on any atom is 0.0564 e. The summed E-state index contributed by atoms with van der Waals surface area (Å²) in [6.45, 7) is 4.42. The first-order chi connectivity index (χ1) is 4.72. The lowest BCUT2D eigenvalue weighted by Gasteiger charge is -2.27. The van der Waals surface area contributed by atoms with Crippen LogP contribution in [0.15, 0.2) is 12.3 Å². The minimum absolute atomic E-state index is 0.245. The normalized spacial score (nSPS) is 22.1. The highest BCUT2D eigenvalue weighted by molar-refractivity contribution is 5.09. The number of hydrazine groups is 1. The summed E-state index contributed by atoms with van der Waals surface area (Å²) in [6, 6.07) is 0. The van der Waals surface area contributed by atoms with Gasteiger partial charge in [0.25, 0.3) is 0 Å². The summed E-state index contributed by atoms with van der Waals surface area (Å²) in [5, 5.41) is 2.02. The highest BCUT2D eigenvalue weighted by Crippen LogP contribution is 2.21. The molecule has 0 amide bonds. The molecule has 1 rings (SSSR count). The molecule has 10 heavy (non-hydrogen) atoms. The minimum atomic E-state index is 0.245. The average molecular weight is 140 g/mol. The van der Waals surface area contributed by atoms with Gasteiger partial charge in [0.2, 0.25) is 0 Å². The van der Waals surface area contributed by atoms with E-state index in [-0.39, 0.29) is 5.54 Å². The van der Waals surface area contributed by atoms with Gasteiger partial charge in [0.15, 0.2) is 0 Å². The molecule has 0 aromatic rings. The van der Waals surface area contributed by atoms with Gasteiger partial charge >= 0.3 is 0 Å². The molecule has 0 bridgehead atoms. The second-order valence-electron chi connectivity index (χ2n) is 2.90. The molecule has 0 fully saturated rings. The summed E-state index contributed by atoms with van der Waals surface area (Å²) in [5.74, 6) is 0. The summed E-state index contributed by atoms with van der Waals surface area (Å²) in [4.78, 5) is 0. The van der Waals surface area contributed by atoms with Crippen molar-refractivity contribution in [3.05, 3.63) is 12.3 Å². The van der Waals surface area contributed by atoms with Crippen molar-refractivity contribution >= 4 is 0 Å². The molecular weight excluding hydrogens is 124 g/mol. The molecule has 0 atom stereocenters. The Morgan fingerprint density at radius 1 is 1.40 bits per heavy atom. The fourth-order valence-corrected chi connectivity index (χ4v) is 1.32. The Labute approximate surface area is 62.9 Å². The van der Waals surface area contributed by atoms with Crippen molar-refractivity contribution in [1.29, 1.82) is 0 Å². The van der Waals surface area contributed by atoms with Crippen molar-refractivity contribution < 1.29 is 0 Å². The summed E-state index contributed by atoms with van der Waals surface area (Å²) in [6.07, 6.45) is 6.65. The van der Waals surface area contributed by atoms with E-state index in [0.717, 1.165) is 12.8 Å². The molecule has 1 N–H and O–H groups in total. The van der Waals surface area contributed by atoms with Crippen molar-refractivity contribution in [3.63, 3.8) is 0 Å². The van der Waals surface area contributed by atoms with Gasteiger partial charge in [-0.05, 0) is 18.9 Å². The lowest BCUT2D eigenvalue weighted by molar-refractivity contribution is 0.242. The summed E-state index contributed by atoms with van der Waals surface area (Å²) in [5.41, 5.74) is 3.63. The zero-order valence-corrected chi connectivity index (χ0v) is 7.02. The van der Waals surface area contributed by atoms with Crippen molar-refractivity contribution in [1.82, 2.24) is 10.4 Å². The lowest BCUT2D eigenvalue weighted by atomic mass is 9.95. The number of hydrogen-bond acceptors (Lipinski definition) is 2. The second-order valence-corrected chi connectivity index (χ2v) is 2.90. The highest BCUT2D eigenvalue weighted by Gasteiger charge is 2.27. The van der Waals surface area contributed by atoms with Crippen LogP contribution in [0.2, 0.25) is 0 Å². The zero-order valence-electron chi connectivity index (χ0n) is 7.02. The molecule has 1 heterocycles. The Balaban J connectivity index is 2.61. The first-order valence-electron chi connectivity index (χ1n) is 3.92. The van der Waals surface area contributed by atoms with Gasteiger partial charge in [0, 0.05) is 13.2 Å². The SMILES string of the molecule is CCC1(CC)C=CN(C)N1. The number of hydrogen-bond donors (Lipinski definition) is 1. The maximum absolute atomic E-state index is 3.39. The first-order valence-corrected chi connectivity index (χ1v) is 3.92. The molecule has 0 saturated heterocycles. The summed E-state index contributed by atoms with van der Waals surface area (Å²) < 4.78 is 0. The van der Waals surface area contributed by atoms with Crippen molar-refractivity contribution in [3.8, 4) is 0 Å². The van der Waals surface area contributed by atoms with Crippen molar-refractivity contribution in [2.45, 2.75) is 32.2 Å². The number of nitrogens with zero attached hydrogens (tertiary/aromatic N) is 1. The van der Waals surface area contributed by atoms with Crippen molar-refractivity contribution in [2.24, 2.45) is 0 Å². The number of rotatable bonds is 2. The summed E-state index contributed by atoms with van der Waals surface area (Å²) >= 11 is 0.